The second kappa shape index (κ2) is 3.76. The lowest BCUT2D eigenvalue weighted by Gasteiger charge is -2.09. The van der Waals surface area contributed by atoms with Crippen LogP contribution in [0.2, 0.25) is 0 Å². The van der Waals surface area contributed by atoms with Gasteiger partial charge in [-0.1, -0.05) is 0 Å². The summed E-state index contributed by atoms with van der Waals surface area (Å²) >= 11 is 0. The van der Waals surface area contributed by atoms with E-state index >= 15 is 0 Å². The van der Waals surface area contributed by atoms with Crippen molar-refractivity contribution in [2.75, 3.05) is 5.73 Å². The Morgan fingerprint density at radius 2 is 1.71 bits per heavy atom. The molecule has 0 bridgehead atoms. The minimum absolute atomic E-state index is 0.0930. The highest BCUT2D eigenvalue weighted by Crippen LogP contribution is 2.32. The van der Waals surface area contributed by atoms with Crippen LogP contribution >= 0.6 is 0 Å². The van der Waals surface area contributed by atoms with Gasteiger partial charge in [-0.2, -0.15) is 18.3 Å². The van der Waals surface area contributed by atoms with Crippen LogP contribution < -0.4 is 5.73 Å². The van der Waals surface area contributed by atoms with Crippen LogP contribution in [0.1, 0.15) is 5.69 Å². The summed E-state index contributed by atoms with van der Waals surface area (Å²) < 4.78 is 51.2. The van der Waals surface area contributed by atoms with Gasteiger partial charge in [-0.05, 0) is 24.3 Å². The first-order valence-electron chi connectivity index (χ1n) is 4.56. The molecular formula is C10H7F4N3. The number of hydrogen-bond acceptors (Lipinski definition) is 2. The SMILES string of the molecule is Nc1cc(C(F)(F)F)n(-c2ccc(F)cc2)n1. The minimum atomic E-state index is -4.57. The van der Waals surface area contributed by atoms with E-state index in [1.165, 1.54) is 12.1 Å². The predicted molar refractivity (Wildman–Crippen MR) is 52.9 cm³/mol. The molecule has 90 valence electrons. The van der Waals surface area contributed by atoms with Gasteiger partial charge in [0.2, 0.25) is 0 Å². The van der Waals surface area contributed by atoms with Crippen molar-refractivity contribution in [3.63, 3.8) is 0 Å². The van der Waals surface area contributed by atoms with Crippen molar-refractivity contribution in [2.24, 2.45) is 0 Å². The van der Waals surface area contributed by atoms with Crippen LogP contribution in [-0.4, -0.2) is 9.78 Å². The second-order valence-electron chi connectivity index (χ2n) is 3.34. The Morgan fingerprint density at radius 3 is 2.24 bits per heavy atom. The summed E-state index contributed by atoms with van der Waals surface area (Å²) in [6, 6.07) is 5.21. The first-order valence-corrected chi connectivity index (χ1v) is 4.56. The number of halogens is 4. The van der Waals surface area contributed by atoms with E-state index in [2.05, 4.69) is 5.10 Å². The van der Waals surface area contributed by atoms with Crippen LogP contribution in [0.15, 0.2) is 30.3 Å². The van der Waals surface area contributed by atoms with Gasteiger partial charge in [0.15, 0.2) is 0 Å². The Bertz CT molecular complexity index is 527. The van der Waals surface area contributed by atoms with Crippen molar-refractivity contribution in [1.82, 2.24) is 9.78 Å². The molecule has 2 rings (SSSR count). The van der Waals surface area contributed by atoms with Gasteiger partial charge in [-0.15, -0.1) is 0 Å². The molecule has 0 spiro atoms. The molecule has 0 radical (unpaired) electrons. The molecule has 1 heterocycles. The molecule has 7 heteroatoms. The number of anilines is 1. The summed E-state index contributed by atoms with van der Waals surface area (Å²) in [5, 5.41) is 3.53. The van der Waals surface area contributed by atoms with E-state index in [1.807, 2.05) is 0 Å². The maximum atomic E-state index is 12.7. The fourth-order valence-corrected chi connectivity index (χ4v) is 1.38. The molecule has 0 unspecified atom stereocenters. The van der Waals surface area contributed by atoms with Crippen LogP contribution in [0.25, 0.3) is 5.69 Å². The average Bonchev–Trinajstić information content (AvgIpc) is 2.61. The molecule has 0 atom stereocenters. The highest BCUT2D eigenvalue weighted by molar-refractivity contribution is 5.39. The largest absolute Gasteiger partial charge is 0.433 e. The van der Waals surface area contributed by atoms with Crippen molar-refractivity contribution < 1.29 is 17.6 Å². The van der Waals surface area contributed by atoms with Crippen LogP contribution in [-0.2, 0) is 6.18 Å². The minimum Gasteiger partial charge on any atom is -0.382 e. The van der Waals surface area contributed by atoms with E-state index in [9.17, 15) is 17.6 Å². The average molecular weight is 245 g/mol. The summed E-state index contributed by atoms with van der Waals surface area (Å²) in [7, 11) is 0. The van der Waals surface area contributed by atoms with Gasteiger partial charge >= 0.3 is 6.18 Å². The van der Waals surface area contributed by atoms with Crippen LogP contribution in [0.4, 0.5) is 23.4 Å². The Hall–Kier alpha value is -2.05. The maximum Gasteiger partial charge on any atom is 0.433 e. The van der Waals surface area contributed by atoms with Gasteiger partial charge in [0.25, 0.3) is 0 Å². The quantitative estimate of drug-likeness (QED) is 0.785. The number of aromatic nitrogens is 2. The molecule has 0 aliphatic rings. The lowest BCUT2D eigenvalue weighted by atomic mass is 10.3. The molecule has 0 saturated carbocycles. The van der Waals surface area contributed by atoms with Crippen molar-refractivity contribution in [1.29, 1.82) is 0 Å². The smallest absolute Gasteiger partial charge is 0.382 e. The number of benzene rings is 1. The highest BCUT2D eigenvalue weighted by Gasteiger charge is 2.36. The molecule has 17 heavy (non-hydrogen) atoms. The van der Waals surface area contributed by atoms with Gasteiger partial charge in [-0.25, -0.2) is 9.07 Å². The molecule has 0 aliphatic carbocycles. The zero-order valence-electron chi connectivity index (χ0n) is 8.37. The van der Waals surface area contributed by atoms with E-state index in [1.54, 1.807) is 0 Å². The zero-order valence-corrected chi connectivity index (χ0v) is 8.37. The molecule has 1 aromatic carbocycles. The fourth-order valence-electron chi connectivity index (χ4n) is 1.38. The Balaban J connectivity index is 2.55. The standard InChI is InChI=1S/C10H7F4N3/c11-6-1-3-7(4-2-6)17-8(10(12,13)14)5-9(15)16-17/h1-5H,(H2,15,16). The molecular weight excluding hydrogens is 238 g/mol. The van der Waals surface area contributed by atoms with E-state index in [4.69, 9.17) is 5.73 Å². The molecule has 0 amide bonds. The van der Waals surface area contributed by atoms with Gasteiger partial charge in [0.05, 0.1) is 5.69 Å². The number of nitrogens with zero attached hydrogens (tertiary/aromatic N) is 2. The third-order valence-electron chi connectivity index (χ3n) is 2.09. The summed E-state index contributed by atoms with van der Waals surface area (Å²) in [6.45, 7) is 0. The highest BCUT2D eigenvalue weighted by atomic mass is 19.4. The number of alkyl halides is 3. The fraction of sp³-hybridized carbons (Fsp3) is 0.100. The maximum absolute atomic E-state index is 12.7. The lowest BCUT2D eigenvalue weighted by Crippen LogP contribution is -2.13. The molecule has 2 aromatic rings. The van der Waals surface area contributed by atoms with Crippen LogP contribution in [0.3, 0.4) is 0 Å². The summed E-state index contributed by atoms with van der Waals surface area (Å²) in [5.74, 6) is -0.788. The Kier molecular flexibility index (Phi) is 2.53. The van der Waals surface area contributed by atoms with Crippen LogP contribution in [0, 0.1) is 5.82 Å². The molecule has 0 saturated heterocycles. The topological polar surface area (TPSA) is 43.8 Å². The molecule has 1 aromatic heterocycles. The summed E-state index contributed by atoms with van der Waals surface area (Å²) in [6.07, 6.45) is -4.57. The first-order chi connectivity index (χ1) is 7.88. The van der Waals surface area contributed by atoms with Gasteiger partial charge in [-0.3, -0.25) is 0 Å². The van der Waals surface area contributed by atoms with Gasteiger partial charge < -0.3 is 5.73 Å². The van der Waals surface area contributed by atoms with Crippen molar-refractivity contribution >= 4 is 5.82 Å². The molecule has 0 fully saturated rings. The Morgan fingerprint density at radius 1 is 1.12 bits per heavy atom. The predicted octanol–water partition coefficient (Wildman–Crippen LogP) is 2.61. The number of rotatable bonds is 1. The van der Waals surface area contributed by atoms with Crippen molar-refractivity contribution in [3.8, 4) is 5.69 Å². The number of nitrogens with two attached hydrogens (primary N) is 1. The molecule has 3 nitrogen and oxygen atoms in total. The number of nitrogen functional groups attached to an aromatic ring is 1. The van der Waals surface area contributed by atoms with E-state index < -0.39 is 17.7 Å². The lowest BCUT2D eigenvalue weighted by molar-refractivity contribution is -0.142. The normalized spacial score (nSPS) is 11.8. The van der Waals surface area contributed by atoms with Crippen molar-refractivity contribution in [2.45, 2.75) is 6.18 Å². The summed E-state index contributed by atoms with van der Waals surface area (Å²) in [5.41, 5.74) is 4.33. The van der Waals surface area contributed by atoms with Crippen LogP contribution in [0.5, 0.6) is 0 Å². The molecule has 0 aliphatic heterocycles. The number of hydrogen-bond donors (Lipinski definition) is 1. The Labute approximate surface area is 93.5 Å². The monoisotopic (exact) mass is 245 g/mol. The van der Waals surface area contributed by atoms with Gasteiger partial charge in [0, 0.05) is 6.07 Å². The second-order valence-corrected chi connectivity index (χ2v) is 3.34. The third-order valence-corrected chi connectivity index (χ3v) is 2.09. The van der Waals surface area contributed by atoms with Crippen molar-refractivity contribution in [3.05, 3.63) is 41.8 Å². The molecule has 2 N–H and O–H groups in total. The third kappa shape index (κ3) is 2.22. The van der Waals surface area contributed by atoms with Gasteiger partial charge in [0.1, 0.15) is 17.3 Å². The van der Waals surface area contributed by atoms with E-state index in [0.717, 1.165) is 18.2 Å². The van der Waals surface area contributed by atoms with E-state index in [-0.39, 0.29) is 11.5 Å². The zero-order chi connectivity index (χ0) is 12.6. The first kappa shape index (κ1) is 11.4. The summed E-state index contributed by atoms with van der Waals surface area (Å²) in [4.78, 5) is 0. The van der Waals surface area contributed by atoms with E-state index in [0.29, 0.717) is 4.68 Å².